The van der Waals surface area contributed by atoms with Gasteiger partial charge in [-0.05, 0) is 42.5 Å². The van der Waals surface area contributed by atoms with Crippen LogP contribution in [-0.2, 0) is 0 Å². The van der Waals surface area contributed by atoms with E-state index in [1.807, 2.05) is 12.1 Å². The summed E-state index contributed by atoms with van der Waals surface area (Å²) in [6, 6.07) is 10.1. The summed E-state index contributed by atoms with van der Waals surface area (Å²) in [6.07, 6.45) is 8.85. The van der Waals surface area contributed by atoms with Crippen LogP contribution in [0.5, 0.6) is 5.75 Å². The number of hydrogen-bond acceptors (Lipinski definition) is 4. The molecular weight excluding hydrogens is 300 g/mol. The van der Waals surface area contributed by atoms with Crippen LogP contribution in [0.4, 0.5) is 5.69 Å². The van der Waals surface area contributed by atoms with Crippen LogP contribution in [0.2, 0.25) is 0 Å². The van der Waals surface area contributed by atoms with Gasteiger partial charge in [-0.1, -0.05) is 25.0 Å². The zero-order valence-corrected chi connectivity index (χ0v) is 13.6. The molecule has 2 heterocycles. The SMILES string of the molecule is O=C1CC(COc2ccc(C3CCCC3)cc2)=Nc2cnccc21. The summed E-state index contributed by atoms with van der Waals surface area (Å²) in [7, 11) is 0. The topological polar surface area (TPSA) is 51.5 Å². The maximum absolute atomic E-state index is 12.1. The number of aliphatic imine (C=N–C) groups is 1. The van der Waals surface area contributed by atoms with Crippen LogP contribution in [0.25, 0.3) is 0 Å². The van der Waals surface area contributed by atoms with Crippen molar-refractivity contribution in [1.29, 1.82) is 0 Å². The maximum atomic E-state index is 12.1. The molecule has 1 aliphatic heterocycles. The first-order chi connectivity index (χ1) is 11.8. The fraction of sp³-hybridized carbons (Fsp3) is 0.350. The van der Waals surface area contributed by atoms with Gasteiger partial charge < -0.3 is 4.74 Å². The van der Waals surface area contributed by atoms with Gasteiger partial charge in [0.25, 0.3) is 0 Å². The number of ketones is 1. The van der Waals surface area contributed by atoms with E-state index in [-0.39, 0.29) is 5.78 Å². The molecule has 1 aromatic carbocycles. The highest BCUT2D eigenvalue weighted by atomic mass is 16.5. The van der Waals surface area contributed by atoms with Crippen molar-refractivity contribution in [3.05, 3.63) is 53.9 Å². The molecule has 4 nitrogen and oxygen atoms in total. The lowest BCUT2D eigenvalue weighted by Gasteiger charge is -2.15. The van der Waals surface area contributed by atoms with Gasteiger partial charge in [0.15, 0.2) is 5.78 Å². The van der Waals surface area contributed by atoms with E-state index < -0.39 is 0 Å². The zero-order valence-electron chi connectivity index (χ0n) is 13.6. The molecule has 0 spiro atoms. The normalized spacial score (nSPS) is 17.5. The maximum Gasteiger partial charge on any atom is 0.170 e. The lowest BCUT2D eigenvalue weighted by Crippen LogP contribution is -2.19. The second-order valence-corrected chi connectivity index (χ2v) is 6.51. The molecule has 0 unspecified atom stereocenters. The minimum Gasteiger partial charge on any atom is -0.488 e. The Kier molecular flexibility index (Phi) is 4.11. The zero-order chi connectivity index (χ0) is 16.4. The number of fused-ring (bicyclic) bond motifs is 1. The molecule has 4 rings (SSSR count). The molecule has 0 atom stereocenters. The monoisotopic (exact) mass is 320 g/mol. The van der Waals surface area contributed by atoms with Crippen molar-refractivity contribution in [2.24, 2.45) is 4.99 Å². The van der Waals surface area contributed by atoms with Crippen molar-refractivity contribution >= 4 is 17.2 Å². The Hall–Kier alpha value is -2.49. The Morgan fingerprint density at radius 2 is 1.88 bits per heavy atom. The van der Waals surface area contributed by atoms with E-state index in [0.29, 0.717) is 30.2 Å². The molecule has 1 aromatic heterocycles. The van der Waals surface area contributed by atoms with Crippen molar-refractivity contribution in [2.45, 2.75) is 38.0 Å². The Balaban J connectivity index is 1.42. The second kappa shape index (κ2) is 6.56. The van der Waals surface area contributed by atoms with E-state index in [4.69, 9.17) is 4.74 Å². The number of carbonyl (C=O) groups excluding carboxylic acids is 1. The summed E-state index contributed by atoms with van der Waals surface area (Å²) in [5, 5.41) is 0. The van der Waals surface area contributed by atoms with Gasteiger partial charge in [-0.3, -0.25) is 14.8 Å². The minimum absolute atomic E-state index is 0.0811. The van der Waals surface area contributed by atoms with Crippen molar-refractivity contribution in [3.63, 3.8) is 0 Å². The third-order valence-corrected chi connectivity index (χ3v) is 4.86. The molecule has 2 aromatic rings. The van der Waals surface area contributed by atoms with Gasteiger partial charge in [0.2, 0.25) is 0 Å². The van der Waals surface area contributed by atoms with Gasteiger partial charge in [-0.25, -0.2) is 0 Å². The Morgan fingerprint density at radius 3 is 2.67 bits per heavy atom. The average Bonchev–Trinajstić information content (AvgIpc) is 3.15. The predicted octanol–water partition coefficient (Wildman–Crippen LogP) is 4.48. The van der Waals surface area contributed by atoms with E-state index >= 15 is 0 Å². The smallest absolute Gasteiger partial charge is 0.170 e. The predicted molar refractivity (Wildman–Crippen MR) is 93.4 cm³/mol. The van der Waals surface area contributed by atoms with Crippen LogP contribution in [0.15, 0.2) is 47.7 Å². The summed E-state index contributed by atoms with van der Waals surface area (Å²) in [5.41, 5.74) is 3.45. The highest BCUT2D eigenvalue weighted by molar-refractivity contribution is 6.16. The number of carbonyl (C=O) groups is 1. The Labute approximate surface area is 141 Å². The van der Waals surface area contributed by atoms with Crippen LogP contribution in [0.3, 0.4) is 0 Å². The first kappa shape index (κ1) is 15.1. The number of Topliss-reactive ketones (excluding diaryl/α,β-unsaturated/α-hetero) is 1. The molecule has 24 heavy (non-hydrogen) atoms. The van der Waals surface area contributed by atoms with Gasteiger partial charge in [0, 0.05) is 11.8 Å². The molecule has 1 saturated carbocycles. The van der Waals surface area contributed by atoms with E-state index in [1.54, 1.807) is 18.5 Å². The summed E-state index contributed by atoms with van der Waals surface area (Å²) in [4.78, 5) is 20.7. The molecule has 0 bridgehead atoms. The lowest BCUT2D eigenvalue weighted by atomic mass is 9.98. The van der Waals surface area contributed by atoms with E-state index in [0.717, 1.165) is 11.5 Å². The van der Waals surface area contributed by atoms with Crippen LogP contribution >= 0.6 is 0 Å². The highest BCUT2D eigenvalue weighted by Crippen LogP contribution is 2.34. The largest absolute Gasteiger partial charge is 0.488 e. The van der Waals surface area contributed by atoms with E-state index in [2.05, 4.69) is 22.1 Å². The standard InChI is InChI=1S/C20H20N2O2/c23-20-11-16(22-19-12-21-10-9-18(19)20)13-24-17-7-5-15(6-8-17)14-3-1-2-4-14/h5-10,12,14H,1-4,11,13H2. The third kappa shape index (κ3) is 3.09. The quantitative estimate of drug-likeness (QED) is 0.834. The number of rotatable bonds is 4. The minimum atomic E-state index is 0.0811. The number of aromatic nitrogens is 1. The molecule has 0 saturated heterocycles. The first-order valence-electron chi connectivity index (χ1n) is 8.56. The van der Waals surface area contributed by atoms with Crippen molar-refractivity contribution in [1.82, 2.24) is 4.98 Å². The lowest BCUT2D eigenvalue weighted by molar-refractivity contribution is 0.0998. The van der Waals surface area contributed by atoms with Crippen molar-refractivity contribution in [2.75, 3.05) is 6.61 Å². The molecule has 1 fully saturated rings. The van der Waals surface area contributed by atoms with Crippen LogP contribution in [0, 0.1) is 0 Å². The van der Waals surface area contributed by atoms with Crippen molar-refractivity contribution in [3.8, 4) is 5.75 Å². The summed E-state index contributed by atoms with van der Waals surface area (Å²) < 4.78 is 5.82. The Morgan fingerprint density at radius 1 is 1.08 bits per heavy atom. The molecule has 0 amide bonds. The summed E-state index contributed by atoms with van der Waals surface area (Å²) in [6.45, 7) is 0.336. The average molecular weight is 320 g/mol. The number of ether oxygens (including phenoxy) is 1. The van der Waals surface area contributed by atoms with Crippen LogP contribution in [-0.4, -0.2) is 23.1 Å². The Bertz CT molecular complexity index is 774. The molecule has 2 aliphatic rings. The fourth-order valence-electron chi connectivity index (χ4n) is 3.55. The van der Waals surface area contributed by atoms with Gasteiger partial charge in [-0.2, -0.15) is 0 Å². The fourth-order valence-corrected chi connectivity index (χ4v) is 3.55. The van der Waals surface area contributed by atoms with Crippen molar-refractivity contribution < 1.29 is 9.53 Å². The highest BCUT2D eigenvalue weighted by Gasteiger charge is 2.20. The van der Waals surface area contributed by atoms with Crippen LogP contribution in [0.1, 0.15) is 53.9 Å². The number of hydrogen-bond donors (Lipinski definition) is 0. The summed E-state index contributed by atoms with van der Waals surface area (Å²) >= 11 is 0. The molecule has 4 heteroatoms. The summed E-state index contributed by atoms with van der Waals surface area (Å²) in [5.74, 6) is 1.62. The second-order valence-electron chi connectivity index (χ2n) is 6.51. The molecular formula is C20H20N2O2. The molecule has 122 valence electrons. The van der Waals surface area contributed by atoms with E-state index in [9.17, 15) is 4.79 Å². The van der Waals surface area contributed by atoms with Crippen LogP contribution < -0.4 is 4.74 Å². The number of nitrogens with zero attached hydrogens (tertiary/aromatic N) is 2. The number of benzene rings is 1. The third-order valence-electron chi connectivity index (χ3n) is 4.86. The number of pyridine rings is 1. The van der Waals surface area contributed by atoms with Gasteiger partial charge >= 0.3 is 0 Å². The molecule has 1 aliphatic carbocycles. The first-order valence-corrected chi connectivity index (χ1v) is 8.56. The molecule has 0 radical (unpaired) electrons. The van der Waals surface area contributed by atoms with E-state index in [1.165, 1.54) is 31.2 Å². The molecule has 0 N–H and O–H groups in total. The van der Waals surface area contributed by atoms with Gasteiger partial charge in [0.1, 0.15) is 12.4 Å². The van der Waals surface area contributed by atoms with Gasteiger partial charge in [0.05, 0.1) is 24.0 Å². The van der Waals surface area contributed by atoms with Gasteiger partial charge in [-0.15, -0.1) is 0 Å².